The SMILES string of the molecule is CC(C)(C)OC(=O)NCC(=O)N=C1S[C@@H]2CS(=O)(=O)C[C@@H]2N1c1ccc(Br)cc1Cl. The van der Waals surface area contributed by atoms with E-state index in [2.05, 4.69) is 26.2 Å². The molecule has 0 unspecified atom stereocenters. The van der Waals surface area contributed by atoms with E-state index in [0.717, 1.165) is 4.47 Å². The molecule has 0 spiro atoms. The summed E-state index contributed by atoms with van der Waals surface area (Å²) in [7, 11) is -3.19. The molecule has 2 atom stereocenters. The number of thioether (sulfide) groups is 1. The average molecular weight is 539 g/mol. The van der Waals surface area contributed by atoms with Gasteiger partial charge in [-0.2, -0.15) is 4.99 Å². The Balaban J connectivity index is 1.82. The minimum absolute atomic E-state index is 0.0103. The Labute approximate surface area is 192 Å². The van der Waals surface area contributed by atoms with Crippen LogP contribution in [0.2, 0.25) is 5.02 Å². The van der Waals surface area contributed by atoms with Crippen LogP contribution in [0.4, 0.5) is 10.5 Å². The third kappa shape index (κ3) is 5.68. The van der Waals surface area contributed by atoms with Crippen molar-refractivity contribution in [2.45, 2.75) is 37.7 Å². The third-order valence-electron chi connectivity index (χ3n) is 4.24. The van der Waals surface area contributed by atoms with Crippen LogP contribution in [-0.4, -0.2) is 60.5 Å². The minimum atomic E-state index is -3.19. The molecule has 2 heterocycles. The zero-order valence-electron chi connectivity index (χ0n) is 16.5. The molecular weight excluding hydrogens is 518 g/mol. The quantitative estimate of drug-likeness (QED) is 0.630. The topological polar surface area (TPSA) is 105 Å². The monoisotopic (exact) mass is 537 g/mol. The first-order valence-electron chi connectivity index (χ1n) is 9.04. The van der Waals surface area contributed by atoms with Crippen molar-refractivity contribution in [2.75, 3.05) is 23.0 Å². The average Bonchev–Trinajstić information content (AvgIpc) is 3.03. The summed E-state index contributed by atoms with van der Waals surface area (Å²) in [4.78, 5) is 30.0. The molecule has 2 amide bonds. The van der Waals surface area contributed by atoms with Gasteiger partial charge in [0.05, 0.1) is 28.3 Å². The molecule has 0 aromatic heterocycles. The first-order chi connectivity index (χ1) is 13.8. The van der Waals surface area contributed by atoms with Gasteiger partial charge in [0, 0.05) is 9.72 Å². The number of sulfone groups is 1. The van der Waals surface area contributed by atoms with Gasteiger partial charge in [-0.1, -0.05) is 39.3 Å². The van der Waals surface area contributed by atoms with Crippen molar-refractivity contribution >= 4 is 72.0 Å². The number of halogens is 2. The second-order valence-corrected chi connectivity index (χ2v) is 12.6. The summed E-state index contributed by atoms with van der Waals surface area (Å²) in [5.74, 6) is -0.610. The molecule has 1 aromatic carbocycles. The standard InChI is InChI=1S/C18H21BrClN3O5S2/c1-18(2,3)28-17(25)21-7-15(24)22-16-23(12-5-4-10(19)6-11(12)20)13-8-30(26,27)9-14(13)29-16/h4-6,13-14H,7-9H2,1-3H3,(H,21,25)/t13-,14+/m0/s1. The molecule has 2 fully saturated rings. The van der Waals surface area contributed by atoms with Crippen LogP contribution < -0.4 is 10.2 Å². The summed E-state index contributed by atoms with van der Waals surface area (Å²) in [6, 6.07) is 4.86. The molecule has 1 aromatic rings. The van der Waals surface area contributed by atoms with Gasteiger partial charge in [-0.05, 0) is 39.0 Å². The molecule has 12 heteroatoms. The fourth-order valence-electron chi connectivity index (χ4n) is 3.13. The van der Waals surface area contributed by atoms with Crippen molar-refractivity contribution in [3.63, 3.8) is 0 Å². The van der Waals surface area contributed by atoms with E-state index in [1.165, 1.54) is 11.8 Å². The number of carbonyl (C=O) groups is 2. The molecular formula is C18H21BrClN3O5S2. The number of hydrogen-bond donors (Lipinski definition) is 1. The number of alkyl carbamates (subject to hydrolysis) is 1. The molecule has 0 aliphatic carbocycles. The van der Waals surface area contributed by atoms with Crippen molar-refractivity contribution in [3.05, 3.63) is 27.7 Å². The van der Waals surface area contributed by atoms with Gasteiger partial charge < -0.3 is 15.0 Å². The van der Waals surface area contributed by atoms with Crippen molar-refractivity contribution in [1.82, 2.24) is 5.32 Å². The summed E-state index contributed by atoms with van der Waals surface area (Å²) < 4.78 is 30.1. The lowest BCUT2D eigenvalue weighted by atomic mass is 10.2. The zero-order valence-corrected chi connectivity index (χ0v) is 20.5. The second-order valence-electron chi connectivity index (χ2n) is 7.91. The Morgan fingerprint density at radius 2 is 2.07 bits per heavy atom. The molecule has 8 nitrogen and oxygen atoms in total. The molecule has 0 radical (unpaired) electrons. The van der Waals surface area contributed by atoms with Gasteiger partial charge in [0.1, 0.15) is 12.1 Å². The van der Waals surface area contributed by atoms with Gasteiger partial charge in [0.15, 0.2) is 15.0 Å². The second kappa shape index (κ2) is 8.68. The van der Waals surface area contributed by atoms with Gasteiger partial charge >= 0.3 is 6.09 Å². The highest BCUT2D eigenvalue weighted by Gasteiger charge is 2.49. The molecule has 1 N–H and O–H groups in total. The molecule has 2 saturated heterocycles. The van der Waals surface area contributed by atoms with E-state index in [4.69, 9.17) is 16.3 Å². The van der Waals surface area contributed by atoms with Gasteiger partial charge in [0.2, 0.25) is 0 Å². The van der Waals surface area contributed by atoms with E-state index in [0.29, 0.717) is 15.9 Å². The lowest BCUT2D eigenvalue weighted by Crippen LogP contribution is -2.39. The van der Waals surface area contributed by atoms with Crippen molar-refractivity contribution in [3.8, 4) is 0 Å². The molecule has 30 heavy (non-hydrogen) atoms. The van der Waals surface area contributed by atoms with Crippen molar-refractivity contribution in [1.29, 1.82) is 0 Å². The van der Waals surface area contributed by atoms with E-state index in [1.807, 2.05) is 0 Å². The number of rotatable bonds is 3. The molecule has 164 valence electrons. The Morgan fingerprint density at radius 1 is 1.37 bits per heavy atom. The largest absolute Gasteiger partial charge is 0.444 e. The first-order valence-corrected chi connectivity index (χ1v) is 12.9. The van der Waals surface area contributed by atoms with Crippen LogP contribution in [0.5, 0.6) is 0 Å². The molecule has 2 aliphatic rings. The normalized spacial score (nSPS) is 24.0. The number of hydrogen-bond acceptors (Lipinski definition) is 6. The highest BCUT2D eigenvalue weighted by Crippen LogP contribution is 2.43. The highest BCUT2D eigenvalue weighted by molar-refractivity contribution is 9.10. The minimum Gasteiger partial charge on any atom is -0.444 e. The maximum Gasteiger partial charge on any atom is 0.408 e. The van der Waals surface area contributed by atoms with Crippen molar-refractivity contribution in [2.24, 2.45) is 4.99 Å². The smallest absolute Gasteiger partial charge is 0.408 e. The van der Waals surface area contributed by atoms with Gasteiger partial charge in [-0.3, -0.25) is 4.79 Å². The Hall–Kier alpha value is -1.30. The number of amidine groups is 1. The lowest BCUT2D eigenvalue weighted by Gasteiger charge is -2.25. The summed E-state index contributed by atoms with van der Waals surface area (Å²) in [6.45, 7) is 4.82. The van der Waals surface area contributed by atoms with Crippen LogP contribution in [0.3, 0.4) is 0 Å². The van der Waals surface area contributed by atoms with Crippen LogP contribution >= 0.6 is 39.3 Å². The van der Waals surface area contributed by atoms with Gasteiger partial charge in [-0.15, -0.1) is 0 Å². The zero-order chi connectivity index (χ0) is 22.3. The number of nitrogens with one attached hydrogen (secondary N) is 1. The molecule has 0 bridgehead atoms. The number of aliphatic imine (C=N–C) groups is 1. The first kappa shape index (κ1) is 23.4. The molecule has 2 aliphatic heterocycles. The molecule has 3 rings (SSSR count). The van der Waals surface area contributed by atoms with E-state index < -0.39 is 27.4 Å². The number of amides is 2. The predicted molar refractivity (Wildman–Crippen MR) is 122 cm³/mol. The fourth-order valence-corrected chi connectivity index (χ4v) is 7.82. The summed E-state index contributed by atoms with van der Waals surface area (Å²) >= 11 is 11.0. The van der Waals surface area contributed by atoms with Crippen molar-refractivity contribution < 1.29 is 22.7 Å². The molecule has 0 saturated carbocycles. The fraction of sp³-hybridized carbons (Fsp3) is 0.500. The summed E-state index contributed by atoms with van der Waals surface area (Å²) in [5.41, 5.74) is -0.109. The number of anilines is 1. The van der Waals surface area contributed by atoms with E-state index in [9.17, 15) is 18.0 Å². The van der Waals surface area contributed by atoms with E-state index in [-0.39, 0.29) is 29.3 Å². The van der Waals surface area contributed by atoms with Crippen LogP contribution in [-0.2, 0) is 19.4 Å². The predicted octanol–water partition coefficient (Wildman–Crippen LogP) is 3.23. The third-order valence-corrected chi connectivity index (χ3v) is 8.24. The Bertz CT molecular complexity index is 1010. The maximum atomic E-state index is 12.4. The Kier molecular flexibility index (Phi) is 6.76. The maximum absolute atomic E-state index is 12.4. The number of nitrogens with zero attached hydrogens (tertiary/aromatic N) is 2. The van der Waals surface area contributed by atoms with Gasteiger partial charge in [0.25, 0.3) is 5.91 Å². The Morgan fingerprint density at radius 3 is 2.70 bits per heavy atom. The van der Waals surface area contributed by atoms with Crippen LogP contribution in [0.1, 0.15) is 20.8 Å². The highest BCUT2D eigenvalue weighted by atomic mass is 79.9. The van der Waals surface area contributed by atoms with Crippen LogP contribution in [0, 0.1) is 0 Å². The summed E-state index contributed by atoms with van der Waals surface area (Å²) in [6.07, 6.45) is -0.717. The lowest BCUT2D eigenvalue weighted by molar-refractivity contribution is -0.117. The van der Waals surface area contributed by atoms with Crippen LogP contribution in [0.15, 0.2) is 27.7 Å². The van der Waals surface area contributed by atoms with Crippen LogP contribution in [0.25, 0.3) is 0 Å². The number of ether oxygens (including phenoxy) is 1. The number of carbonyl (C=O) groups excluding carboxylic acids is 2. The number of fused-ring (bicyclic) bond motifs is 1. The van der Waals surface area contributed by atoms with E-state index >= 15 is 0 Å². The summed E-state index contributed by atoms with van der Waals surface area (Å²) in [5, 5.41) is 2.89. The number of benzene rings is 1. The van der Waals surface area contributed by atoms with Gasteiger partial charge in [-0.25, -0.2) is 13.2 Å². The van der Waals surface area contributed by atoms with E-state index in [1.54, 1.807) is 43.9 Å².